The summed E-state index contributed by atoms with van der Waals surface area (Å²) in [5.41, 5.74) is 4.09. The normalized spacial score (nSPS) is 14.7. The van der Waals surface area contributed by atoms with Crippen LogP contribution in [0.2, 0.25) is 5.02 Å². The molecule has 1 aliphatic heterocycles. The third kappa shape index (κ3) is 4.53. The van der Waals surface area contributed by atoms with Crippen LogP contribution in [-0.2, 0) is 6.54 Å². The molecule has 0 radical (unpaired) electrons. The van der Waals surface area contributed by atoms with Crippen LogP contribution in [0.25, 0.3) is 10.9 Å². The second-order valence-corrected chi connectivity index (χ2v) is 8.89. The van der Waals surface area contributed by atoms with Crippen LogP contribution in [0.3, 0.4) is 0 Å². The van der Waals surface area contributed by atoms with Gasteiger partial charge in [-0.25, -0.2) is 4.99 Å². The molecule has 0 atom stereocenters. The standard InChI is InChI=1S/C26H23ClN4O3/c27-19-7-5-18(6-8-19)25(24-22-15-21(31(33)34)11-12-23(22)29-26(24)32)28-20-9-3-17(4-10-20)16-30-13-1-2-14-30/h3-12,15,29,32H,1-2,13-14,16H2. The van der Waals surface area contributed by atoms with Gasteiger partial charge in [-0.2, -0.15) is 0 Å². The lowest BCUT2D eigenvalue weighted by atomic mass is 10.0. The number of aromatic nitrogens is 1. The summed E-state index contributed by atoms with van der Waals surface area (Å²) in [6, 6.07) is 19.6. The molecule has 0 aliphatic carbocycles. The maximum absolute atomic E-state index is 11.4. The summed E-state index contributed by atoms with van der Waals surface area (Å²) >= 11 is 6.10. The molecule has 4 aromatic rings. The number of fused-ring (bicyclic) bond motifs is 1. The Morgan fingerprint density at radius 1 is 1.06 bits per heavy atom. The average Bonchev–Trinajstić information content (AvgIpc) is 3.45. The van der Waals surface area contributed by atoms with Crippen molar-refractivity contribution in [1.29, 1.82) is 0 Å². The van der Waals surface area contributed by atoms with Gasteiger partial charge in [0.1, 0.15) is 0 Å². The quantitative estimate of drug-likeness (QED) is 0.197. The second-order valence-electron chi connectivity index (χ2n) is 8.45. The summed E-state index contributed by atoms with van der Waals surface area (Å²) < 4.78 is 0. The predicted molar refractivity (Wildman–Crippen MR) is 134 cm³/mol. The van der Waals surface area contributed by atoms with Crippen LogP contribution < -0.4 is 0 Å². The first-order valence-electron chi connectivity index (χ1n) is 11.1. The number of aliphatic imine (C=N–C) groups is 1. The monoisotopic (exact) mass is 474 g/mol. The lowest BCUT2D eigenvalue weighted by molar-refractivity contribution is -0.384. The van der Waals surface area contributed by atoms with E-state index in [2.05, 4.69) is 22.0 Å². The van der Waals surface area contributed by atoms with Crippen molar-refractivity contribution in [2.75, 3.05) is 13.1 Å². The predicted octanol–water partition coefficient (Wildman–Crippen LogP) is 6.20. The van der Waals surface area contributed by atoms with E-state index in [1.54, 1.807) is 18.2 Å². The van der Waals surface area contributed by atoms with Gasteiger partial charge >= 0.3 is 0 Å². The number of halogens is 1. The molecule has 1 saturated heterocycles. The van der Waals surface area contributed by atoms with Crippen molar-refractivity contribution in [3.63, 3.8) is 0 Å². The number of nitrogens with one attached hydrogen (secondary N) is 1. The molecule has 0 spiro atoms. The van der Waals surface area contributed by atoms with Crippen molar-refractivity contribution in [2.24, 2.45) is 4.99 Å². The molecule has 3 aromatic carbocycles. The molecule has 2 N–H and O–H groups in total. The third-order valence-corrected chi connectivity index (χ3v) is 6.36. The molecular formula is C26H23ClN4O3. The minimum absolute atomic E-state index is 0.0607. The van der Waals surface area contributed by atoms with Gasteiger partial charge in [-0.3, -0.25) is 15.0 Å². The van der Waals surface area contributed by atoms with E-state index in [-0.39, 0.29) is 11.6 Å². The summed E-state index contributed by atoms with van der Waals surface area (Å²) in [6.45, 7) is 3.18. The van der Waals surface area contributed by atoms with Crippen molar-refractivity contribution >= 4 is 39.6 Å². The molecular weight excluding hydrogens is 452 g/mol. The largest absolute Gasteiger partial charge is 0.494 e. The number of rotatable bonds is 6. The number of benzene rings is 3. The molecule has 1 aromatic heterocycles. The molecule has 0 unspecified atom stereocenters. The van der Waals surface area contributed by atoms with Gasteiger partial charge in [-0.05, 0) is 61.8 Å². The highest BCUT2D eigenvalue weighted by Gasteiger charge is 2.21. The zero-order valence-electron chi connectivity index (χ0n) is 18.4. The van der Waals surface area contributed by atoms with E-state index in [1.807, 2.05) is 24.3 Å². The summed E-state index contributed by atoms with van der Waals surface area (Å²) in [4.78, 5) is 21.1. The van der Waals surface area contributed by atoms with Gasteiger partial charge in [-0.15, -0.1) is 0 Å². The first-order chi connectivity index (χ1) is 16.5. The molecule has 0 amide bonds. The third-order valence-electron chi connectivity index (χ3n) is 6.11. The lowest BCUT2D eigenvalue weighted by Gasteiger charge is -2.14. The molecule has 8 heteroatoms. The maximum Gasteiger partial charge on any atom is 0.270 e. The van der Waals surface area contributed by atoms with E-state index in [9.17, 15) is 15.2 Å². The van der Waals surface area contributed by atoms with Gasteiger partial charge in [0.2, 0.25) is 0 Å². The van der Waals surface area contributed by atoms with Crippen LogP contribution in [0, 0.1) is 10.1 Å². The van der Waals surface area contributed by atoms with Crippen LogP contribution in [0.15, 0.2) is 71.7 Å². The Balaban J connectivity index is 1.60. The van der Waals surface area contributed by atoms with Gasteiger partial charge in [0.05, 0.1) is 21.9 Å². The van der Waals surface area contributed by atoms with Crippen LogP contribution in [0.1, 0.15) is 29.5 Å². The zero-order chi connectivity index (χ0) is 23.7. The van der Waals surface area contributed by atoms with E-state index in [0.717, 1.165) is 25.2 Å². The van der Waals surface area contributed by atoms with Crippen molar-refractivity contribution in [3.8, 4) is 5.88 Å². The fourth-order valence-corrected chi connectivity index (χ4v) is 4.52. The van der Waals surface area contributed by atoms with Crippen molar-refractivity contribution < 1.29 is 10.0 Å². The summed E-state index contributed by atoms with van der Waals surface area (Å²) in [5, 5.41) is 23.3. The summed E-state index contributed by atoms with van der Waals surface area (Å²) in [6.07, 6.45) is 2.50. The number of likely N-dealkylation sites (tertiary alicyclic amines) is 1. The number of nitro benzene ring substituents is 1. The molecule has 7 nitrogen and oxygen atoms in total. The Bertz CT molecular complexity index is 1370. The van der Waals surface area contributed by atoms with Gasteiger partial charge in [0.25, 0.3) is 5.69 Å². The zero-order valence-corrected chi connectivity index (χ0v) is 19.1. The first kappa shape index (κ1) is 22.1. The van der Waals surface area contributed by atoms with Crippen molar-refractivity contribution in [3.05, 3.63) is 98.6 Å². The van der Waals surface area contributed by atoms with E-state index >= 15 is 0 Å². The number of hydrogen-bond donors (Lipinski definition) is 2. The summed E-state index contributed by atoms with van der Waals surface area (Å²) in [7, 11) is 0. The van der Waals surface area contributed by atoms with Gasteiger partial charge in [-0.1, -0.05) is 35.9 Å². The Morgan fingerprint density at radius 3 is 2.44 bits per heavy atom. The number of aromatic amines is 1. The van der Waals surface area contributed by atoms with Gasteiger partial charge in [0, 0.05) is 40.2 Å². The molecule has 2 heterocycles. The Labute approximate surface area is 201 Å². The smallest absolute Gasteiger partial charge is 0.270 e. The van der Waals surface area contributed by atoms with Crippen LogP contribution in [-0.4, -0.2) is 38.7 Å². The van der Waals surface area contributed by atoms with E-state index in [4.69, 9.17) is 16.6 Å². The number of H-pyrrole nitrogens is 1. The molecule has 0 bridgehead atoms. The Morgan fingerprint density at radius 2 is 1.76 bits per heavy atom. The van der Waals surface area contributed by atoms with Crippen LogP contribution in [0.5, 0.6) is 5.88 Å². The SMILES string of the molecule is O=[N+]([O-])c1ccc2[nH]c(O)c(C(=Nc3ccc(CN4CCCC4)cc3)c3ccc(Cl)cc3)c2c1. The minimum atomic E-state index is -0.453. The molecule has 5 rings (SSSR count). The highest BCUT2D eigenvalue weighted by Crippen LogP contribution is 2.34. The number of hydrogen-bond acceptors (Lipinski definition) is 5. The van der Waals surface area contributed by atoms with Gasteiger partial charge < -0.3 is 10.1 Å². The van der Waals surface area contributed by atoms with E-state index in [1.165, 1.54) is 30.5 Å². The highest BCUT2D eigenvalue weighted by atomic mass is 35.5. The highest BCUT2D eigenvalue weighted by molar-refractivity contribution is 6.31. The molecule has 172 valence electrons. The number of nitro groups is 1. The molecule has 1 fully saturated rings. The van der Waals surface area contributed by atoms with Crippen molar-refractivity contribution in [1.82, 2.24) is 9.88 Å². The van der Waals surface area contributed by atoms with Crippen LogP contribution in [0.4, 0.5) is 11.4 Å². The van der Waals surface area contributed by atoms with Crippen LogP contribution >= 0.6 is 11.6 Å². The maximum atomic E-state index is 11.4. The Hall–Kier alpha value is -3.68. The number of aromatic hydroxyl groups is 1. The number of non-ortho nitro benzene ring substituents is 1. The second kappa shape index (κ2) is 9.29. The fraction of sp³-hybridized carbons (Fsp3) is 0.192. The summed E-state index contributed by atoms with van der Waals surface area (Å²) in [5.74, 6) is -0.102. The minimum Gasteiger partial charge on any atom is -0.494 e. The van der Waals surface area contributed by atoms with Crippen molar-refractivity contribution in [2.45, 2.75) is 19.4 Å². The fourth-order valence-electron chi connectivity index (χ4n) is 4.40. The topological polar surface area (TPSA) is 94.8 Å². The van der Waals surface area contributed by atoms with E-state index < -0.39 is 4.92 Å². The Kier molecular flexibility index (Phi) is 6.04. The van der Waals surface area contributed by atoms with E-state index in [0.29, 0.717) is 32.9 Å². The average molecular weight is 475 g/mol. The lowest BCUT2D eigenvalue weighted by Crippen LogP contribution is -2.18. The molecule has 34 heavy (non-hydrogen) atoms. The van der Waals surface area contributed by atoms with Gasteiger partial charge in [0.15, 0.2) is 5.88 Å². The first-order valence-corrected chi connectivity index (χ1v) is 11.5. The molecule has 1 aliphatic rings. The molecule has 0 saturated carbocycles. The number of nitrogens with zero attached hydrogens (tertiary/aromatic N) is 3.